The summed E-state index contributed by atoms with van der Waals surface area (Å²) in [4.78, 5) is 48.9. The average Bonchev–Trinajstić information content (AvgIpc) is 3.18. The number of hydrogen-bond donors (Lipinski definition) is 0. The zero-order valence-electron chi connectivity index (χ0n) is 19.8. The molecule has 0 radical (unpaired) electrons. The van der Waals surface area contributed by atoms with Gasteiger partial charge in [0.2, 0.25) is 0 Å². The van der Waals surface area contributed by atoms with Gasteiger partial charge in [-0.3, -0.25) is 19.0 Å². The number of carbonyl (C=O) groups excluding carboxylic acids is 2. The molecule has 9 heteroatoms. The van der Waals surface area contributed by atoms with Crippen LogP contribution in [-0.2, 0) is 27.9 Å². The molecular weight excluding hydrogens is 422 g/mol. The molecule has 1 amide bonds. The molecule has 0 aliphatic heterocycles. The van der Waals surface area contributed by atoms with Crippen molar-refractivity contribution in [3.63, 3.8) is 0 Å². The van der Waals surface area contributed by atoms with Gasteiger partial charge in [-0.1, -0.05) is 39.8 Å². The summed E-state index contributed by atoms with van der Waals surface area (Å²) in [5, 5.41) is 0. The first-order valence-corrected chi connectivity index (χ1v) is 11.1. The Bertz CT molecular complexity index is 1190. The van der Waals surface area contributed by atoms with E-state index in [2.05, 4.69) is 9.97 Å². The number of fused-ring (bicyclic) bond motifs is 1. The molecule has 0 saturated heterocycles. The van der Waals surface area contributed by atoms with Crippen molar-refractivity contribution in [3.8, 4) is 11.5 Å². The lowest BCUT2D eigenvalue weighted by atomic mass is 10.1. The van der Waals surface area contributed by atoms with Crippen molar-refractivity contribution < 1.29 is 14.3 Å². The minimum absolute atomic E-state index is 0.144. The third kappa shape index (κ3) is 5.85. The Morgan fingerprint density at radius 3 is 2.36 bits per heavy atom. The van der Waals surface area contributed by atoms with Crippen LogP contribution in [0.3, 0.4) is 0 Å². The second-order valence-electron chi connectivity index (χ2n) is 8.95. The summed E-state index contributed by atoms with van der Waals surface area (Å²) in [5.74, 6) is 0.0958. The maximum Gasteiger partial charge on any atom is 0.326 e. The summed E-state index contributed by atoms with van der Waals surface area (Å²) < 4.78 is 8.29. The summed E-state index contributed by atoms with van der Waals surface area (Å²) in [6.07, 6.45) is 3.30. The van der Waals surface area contributed by atoms with E-state index in [0.717, 1.165) is 0 Å². The number of aryl methyl sites for hydroxylation is 1. The molecule has 33 heavy (non-hydrogen) atoms. The molecule has 1 aromatic carbocycles. The zero-order valence-corrected chi connectivity index (χ0v) is 19.8. The predicted octanol–water partition coefficient (Wildman–Crippen LogP) is 2.48. The van der Waals surface area contributed by atoms with Gasteiger partial charge < -0.3 is 14.2 Å². The highest BCUT2D eigenvalue weighted by atomic mass is 16.5. The Labute approximate surface area is 193 Å². The first-order chi connectivity index (χ1) is 15.7. The topological polar surface area (TPSA) is 99.3 Å². The third-order valence-electron chi connectivity index (χ3n) is 5.05. The van der Waals surface area contributed by atoms with Crippen LogP contribution < -0.4 is 5.56 Å². The number of amides is 1. The van der Waals surface area contributed by atoms with E-state index in [1.807, 2.05) is 27.7 Å². The lowest BCUT2D eigenvalue weighted by molar-refractivity contribution is -0.152. The number of hydrogen-bond acceptors (Lipinski definition) is 6. The van der Waals surface area contributed by atoms with E-state index in [4.69, 9.17) is 4.74 Å². The van der Waals surface area contributed by atoms with Gasteiger partial charge in [-0.2, -0.15) is 0 Å². The van der Waals surface area contributed by atoms with Gasteiger partial charge >= 0.3 is 5.97 Å². The van der Waals surface area contributed by atoms with Gasteiger partial charge in [0, 0.05) is 32.5 Å². The lowest BCUT2D eigenvalue weighted by Gasteiger charge is -2.26. The van der Waals surface area contributed by atoms with Gasteiger partial charge in [-0.15, -0.1) is 0 Å². The van der Waals surface area contributed by atoms with Crippen molar-refractivity contribution in [1.82, 2.24) is 24.0 Å². The molecule has 3 aromatic rings. The zero-order chi connectivity index (χ0) is 24.1. The number of esters is 1. The normalized spacial score (nSPS) is 11.4. The summed E-state index contributed by atoms with van der Waals surface area (Å²) in [5.41, 5.74) is 0.752. The number of carbonyl (C=O) groups is 2. The highest BCUT2D eigenvalue weighted by molar-refractivity contribution is 5.82. The standard InChI is InChI=1S/C24H31N5O4/c1-16(2)12-28(13-17(3)4)20(30)15-33-21(31)14-29-19-9-7-6-8-18(19)26-22(24(29)32)23-25-10-11-27(23)5/h6-11,16-17H,12-15H2,1-5H3. The van der Waals surface area contributed by atoms with Crippen LogP contribution in [-0.4, -0.2) is 55.6 Å². The number of ether oxygens (including phenoxy) is 1. The molecule has 9 nitrogen and oxygen atoms in total. The highest BCUT2D eigenvalue weighted by Gasteiger charge is 2.21. The van der Waals surface area contributed by atoms with E-state index in [1.54, 1.807) is 53.2 Å². The molecule has 0 aliphatic carbocycles. The molecule has 0 spiro atoms. The maximum atomic E-state index is 13.2. The van der Waals surface area contributed by atoms with E-state index in [9.17, 15) is 14.4 Å². The molecule has 3 rings (SSSR count). The van der Waals surface area contributed by atoms with E-state index >= 15 is 0 Å². The molecule has 2 aromatic heterocycles. The van der Waals surface area contributed by atoms with E-state index in [1.165, 1.54) is 4.57 Å². The van der Waals surface area contributed by atoms with Crippen LogP contribution in [0.1, 0.15) is 27.7 Å². The van der Waals surface area contributed by atoms with Gasteiger partial charge in [0.25, 0.3) is 11.5 Å². The SMILES string of the molecule is CC(C)CN(CC(C)C)C(=O)COC(=O)Cn1c(=O)c(-c2nccn2C)nc2ccccc21. The Kier molecular flexibility index (Phi) is 7.63. The average molecular weight is 454 g/mol. The van der Waals surface area contributed by atoms with Crippen molar-refractivity contribution in [2.24, 2.45) is 18.9 Å². The monoisotopic (exact) mass is 453 g/mol. The van der Waals surface area contributed by atoms with Crippen molar-refractivity contribution in [2.45, 2.75) is 34.2 Å². The van der Waals surface area contributed by atoms with Crippen molar-refractivity contribution in [1.29, 1.82) is 0 Å². The fraction of sp³-hybridized carbons (Fsp3) is 0.458. The van der Waals surface area contributed by atoms with E-state index in [0.29, 0.717) is 41.8 Å². The molecule has 2 heterocycles. The smallest absolute Gasteiger partial charge is 0.326 e. The summed E-state index contributed by atoms with van der Waals surface area (Å²) in [6, 6.07) is 7.06. The number of rotatable bonds is 9. The van der Waals surface area contributed by atoms with Crippen LogP contribution in [0.2, 0.25) is 0 Å². The molecule has 0 aliphatic rings. The second kappa shape index (κ2) is 10.4. The number of aromatic nitrogens is 4. The van der Waals surface area contributed by atoms with Gasteiger partial charge in [-0.05, 0) is 24.0 Å². The van der Waals surface area contributed by atoms with Crippen molar-refractivity contribution in [2.75, 3.05) is 19.7 Å². The summed E-state index contributed by atoms with van der Waals surface area (Å²) in [6.45, 7) is 8.63. The number of para-hydroxylation sites is 2. The van der Waals surface area contributed by atoms with Gasteiger partial charge in [-0.25, -0.2) is 9.97 Å². The lowest BCUT2D eigenvalue weighted by Crippen LogP contribution is -2.40. The number of benzene rings is 1. The molecule has 0 bridgehead atoms. The van der Waals surface area contributed by atoms with E-state index in [-0.39, 0.29) is 24.8 Å². The van der Waals surface area contributed by atoms with Gasteiger partial charge in [0.1, 0.15) is 6.54 Å². The molecular formula is C24H31N5O4. The fourth-order valence-electron chi connectivity index (χ4n) is 3.66. The molecule has 0 N–H and O–H groups in total. The third-order valence-corrected chi connectivity index (χ3v) is 5.05. The minimum atomic E-state index is -0.665. The highest BCUT2D eigenvalue weighted by Crippen LogP contribution is 2.16. The van der Waals surface area contributed by atoms with Crippen LogP contribution in [0.25, 0.3) is 22.6 Å². The minimum Gasteiger partial charge on any atom is -0.454 e. The second-order valence-corrected chi connectivity index (χ2v) is 8.95. The maximum absolute atomic E-state index is 13.2. The number of imidazole rings is 1. The largest absolute Gasteiger partial charge is 0.454 e. The van der Waals surface area contributed by atoms with Crippen LogP contribution in [0, 0.1) is 11.8 Å². The van der Waals surface area contributed by atoms with Gasteiger partial charge in [0.15, 0.2) is 18.1 Å². The Hall–Kier alpha value is -3.49. The molecule has 0 fully saturated rings. The van der Waals surface area contributed by atoms with Crippen molar-refractivity contribution in [3.05, 3.63) is 47.0 Å². The number of nitrogens with zero attached hydrogens (tertiary/aromatic N) is 5. The van der Waals surface area contributed by atoms with Crippen LogP contribution in [0.15, 0.2) is 41.5 Å². The van der Waals surface area contributed by atoms with Crippen LogP contribution in [0.5, 0.6) is 0 Å². The molecule has 0 atom stereocenters. The Balaban J connectivity index is 1.82. The fourth-order valence-corrected chi connectivity index (χ4v) is 3.66. The summed E-state index contributed by atoms with van der Waals surface area (Å²) in [7, 11) is 1.77. The van der Waals surface area contributed by atoms with Crippen LogP contribution >= 0.6 is 0 Å². The van der Waals surface area contributed by atoms with Crippen LogP contribution in [0.4, 0.5) is 0 Å². The van der Waals surface area contributed by atoms with Gasteiger partial charge in [0.05, 0.1) is 11.0 Å². The summed E-state index contributed by atoms with van der Waals surface area (Å²) >= 11 is 0. The van der Waals surface area contributed by atoms with E-state index < -0.39 is 11.5 Å². The Morgan fingerprint density at radius 2 is 1.76 bits per heavy atom. The quantitative estimate of drug-likeness (QED) is 0.462. The first-order valence-electron chi connectivity index (χ1n) is 11.1. The predicted molar refractivity (Wildman–Crippen MR) is 125 cm³/mol. The molecule has 0 unspecified atom stereocenters. The molecule has 176 valence electrons. The molecule has 0 saturated carbocycles. The van der Waals surface area contributed by atoms with Crippen molar-refractivity contribution >= 4 is 22.9 Å². The first kappa shape index (κ1) is 24.2. The Morgan fingerprint density at radius 1 is 1.09 bits per heavy atom.